The van der Waals surface area contributed by atoms with Crippen LogP contribution in [0.1, 0.15) is 5.56 Å². The molecule has 2 rings (SSSR count). The molecule has 0 unspecified atom stereocenters. The lowest BCUT2D eigenvalue weighted by molar-refractivity contribution is -0.384. The fourth-order valence-corrected chi connectivity index (χ4v) is 2.08. The van der Waals surface area contributed by atoms with E-state index in [1.165, 1.54) is 24.3 Å². The number of nitro groups is 1. The number of nitro benzene ring substituents is 1. The monoisotopic (exact) mass is 377 g/mol. The Kier molecular flexibility index (Phi) is 5.42. The molecule has 0 bridgehead atoms. The molecular formula is C15H12BrN3O4. The number of carbonyl (C=O) groups is 1. The van der Waals surface area contributed by atoms with E-state index < -0.39 is 10.8 Å². The molecule has 8 heteroatoms. The van der Waals surface area contributed by atoms with Gasteiger partial charge in [0.15, 0.2) is 6.61 Å². The molecule has 0 aromatic heterocycles. The molecule has 0 aliphatic rings. The normalized spacial score (nSPS) is 10.7. The lowest BCUT2D eigenvalue weighted by Crippen LogP contribution is -2.20. The van der Waals surface area contributed by atoms with Crippen molar-refractivity contribution in [1.29, 1.82) is 0 Å². The summed E-state index contributed by atoms with van der Waals surface area (Å²) in [5.74, 6) is -0.121. The highest BCUT2D eigenvalue weighted by Crippen LogP contribution is 2.23. The first-order valence-electron chi connectivity index (χ1n) is 6.45. The Morgan fingerprint density at radius 3 is 2.61 bits per heavy atom. The summed E-state index contributed by atoms with van der Waals surface area (Å²) in [6, 6.07) is 11.0. The Bertz CT molecular complexity index is 760. The predicted molar refractivity (Wildman–Crippen MR) is 89.2 cm³/mol. The van der Waals surface area contributed by atoms with Crippen molar-refractivity contribution in [1.82, 2.24) is 0 Å². The lowest BCUT2D eigenvalue weighted by atomic mass is 10.2. The first-order valence-corrected chi connectivity index (χ1v) is 7.24. The molecule has 0 radical (unpaired) electrons. The van der Waals surface area contributed by atoms with E-state index in [9.17, 15) is 14.9 Å². The SMILES string of the molecule is NC(=O)COc1ccc(Br)cc1C=Nc1ccc([N+](=O)[O-])cc1. The van der Waals surface area contributed by atoms with Gasteiger partial charge in [0.2, 0.25) is 0 Å². The van der Waals surface area contributed by atoms with Crippen LogP contribution in [0, 0.1) is 10.1 Å². The third kappa shape index (κ3) is 4.89. The number of nitrogens with two attached hydrogens (primary N) is 1. The topological polar surface area (TPSA) is 108 Å². The van der Waals surface area contributed by atoms with Crippen LogP contribution in [-0.4, -0.2) is 23.7 Å². The molecule has 7 nitrogen and oxygen atoms in total. The summed E-state index contributed by atoms with van der Waals surface area (Å²) in [4.78, 5) is 25.2. The Morgan fingerprint density at radius 1 is 1.30 bits per heavy atom. The van der Waals surface area contributed by atoms with Gasteiger partial charge in [-0.1, -0.05) is 15.9 Å². The Balaban J connectivity index is 2.21. The van der Waals surface area contributed by atoms with Gasteiger partial charge >= 0.3 is 0 Å². The van der Waals surface area contributed by atoms with Gasteiger partial charge in [0.1, 0.15) is 5.75 Å². The third-order valence-electron chi connectivity index (χ3n) is 2.75. The van der Waals surface area contributed by atoms with Crippen LogP contribution >= 0.6 is 15.9 Å². The minimum absolute atomic E-state index is 0.00288. The van der Waals surface area contributed by atoms with Crippen molar-refractivity contribution < 1.29 is 14.5 Å². The summed E-state index contributed by atoms with van der Waals surface area (Å²) in [5.41, 5.74) is 6.25. The summed E-state index contributed by atoms with van der Waals surface area (Å²) in [7, 11) is 0. The zero-order valence-electron chi connectivity index (χ0n) is 11.8. The molecule has 1 amide bonds. The molecule has 0 aliphatic carbocycles. The molecule has 23 heavy (non-hydrogen) atoms. The summed E-state index contributed by atoms with van der Waals surface area (Å²) < 4.78 is 6.13. The Morgan fingerprint density at radius 2 is 2.00 bits per heavy atom. The number of non-ortho nitro benzene ring substituents is 1. The number of aliphatic imine (C=N–C) groups is 1. The van der Waals surface area contributed by atoms with E-state index in [-0.39, 0.29) is 12.3 Å². The lowest BCUT2D eigenvalue weighted by Gasteiger charge is -2.07. The minimum atomic E-state index is -0.578. The summed E-state index contributed by atoms with van der Waals surface area (Å²) in [6.45, 7) is -0.236. The van der Waals surface area contributed by atoms with Crippen LogP contribution in [0.4, 0.5) is 11.4 Å². The second-order valence-corrected chi connectivity index (χ2v) is 5.38. The molecule has 118 valence electrons. The second kappa shape index (κ2) is 7.50. The third-order valence-corrected chi connectivity index (χ3v) is 3.25. The van der Waals surface area contributed by atoms with E-state index in [2.05, 4.69) is 20.9 Å². The van der Waals surface area contributed by atoms with E-state index in [1.54, 1.807) is 24.4 Å². The number of carbonyl (C=O) groups excluding carboxylic acids is 1. The zero-order valence-corrected chi connectivity index (χ0v) is 13.4. The fraction of sp³-hybridized carbons (Fsp3) is 0.0667. The number of nitrogens with zero attached hydrogens (tertiary/aromatic N) is 2. The standard InChI is InChI=1S/C15H12BrN3O4/c16-11-1-6-14(23-9-15(17)20)10(7-11)8-18-12-2-4-13(5-3-12)19(21)22/h1-8H,9H2,(H2,17,20). The van der Waals surface area contributed by atoms with Crippen LogP contribution in [-0.2, 0) is 4.79 Å². The first-order chi connectivity index (χ1) is 11.0. The molecule has 0 atom stereocenters. The van der Waals surface area contributed by atoms with Crippen molar-refractivity contribution in [2.24, 2.45) is 10.7 Å². The molecule has 2 aromatic carbocycles. The maximum atomic E-state index is 10.8. The van der Waals surface area contributed by atoms with E-state index in [1.807, 2.05) is 0 Å². The van der Waals surface area contributed by atoms with E-state index in [4.69, 9.17) is 10.5 Å². The number of rotatable bonds is 6. The molecular weight excluding hydrogens is 366 g/mol. The number of benzene rings is 2. The van der Waals surface area contributed by atoms with Crippen molar-refractivity contribution in [3.05, 3.63) is 62.6 Å². The van der Waals surface area contributed by atoms with Crippen molar-refractivity contribution >= 4 is 39.4 Å². The number of amides is 1. The number of primary amides is 1. The average molecular weight is 378 g/mol. The fourth-order valence-electron chi connectivity index (χ4n) is 1.71. The largest absolute Gasteiger partial charge is 0.483 e. The molecule has 0 spiro atoms. The minimum Gasteiger partial charge on any atom is -0.483 e. The Labute approximate surface area is 140 Å². The molecule has 0 saturated heterocycles. The molecule has 2 aromatic rings. The molecule has 0 fully saturated rings. The van der Waals surface area contributed by atoms with Crippen molar-refractivity contribution in [3.63, 3.8) is 0 Å². The van der Waals surface area contributed by atoms with Gasteiger partial charge < -0.3 is 10.5 Å². The van der Waals surface area contributed by atoms with Gasteiger partial charge in [-0.15, -0.1) is 0 Å². The van der Waals surface area contributed by atoms with Gasteiger partial charge in [0.25, 0.3) is 11.6 Å². The number of hydrogen-bond donors (Lipinski definition) is 1. The number of hydrogen-bond acceptors (Lipinski definition) is 5. The molecule has 2 N–H and O–H groups in total. The summed E-state index contributed by atoms with van der Waals surface area (Å²) >= 11 is 3.34. The predicted octanol–water partition coefficient (Wildman–Crippen LogP) is 2.97. The molecule has 0 saturated carbocycles. The second-order valence-electron chi connectivity index (χ2n) is 4.47. The highest BCUT2D eigenvalue weighted by atomic mass is 79.9. The van der Waals surface area contributed by atoms with Crippen molar-refractivity contribution in [2.45, 2.75) is 0 Å². The van der Waals surface area contributed by atoms with Gasteiger partial charge in [-0.2, -0.15) is 0 Å². The number of halogens is 1. The maximum Gasteiger partial charge on any atom is 0.269 e. The van der Waals surface area contributed by atoms with Crippen LogP contribution in [0.15, 0.2) is 51.9 Å². The van der Waals surface area contributed by atoms with Crippen LogP contribution in [0.5, 0.6) is 5.75 Å². The average Bonchev–Trinajstić information content (AvgIpc) is 2.52. The van der Waals surface area contributed by atoms with Gasteiger partial charge in [0.05, 0.1) is 10.6 Å². The quantitative estimate of drug-likeness (QED) is 0.474. The first kappa shape index (κ1) is 16.6. The maximum absolute atomic E-state index is 10.8. The summed E-state index contributed by atoms with van der Waals surface area (Å²) in [6.07, 6.45) is 1.54. The van der Waals surface area contributed by atoms with Crippen LogP contribution in [0.25, 0.3) is 0 Å². The van der Waals surface area contributed by atoms with Gasteiger partial charge in [-0.25, -0.2) is 0 Å². The van der Waals surface area contributed by atoms with Crippen LogP contribution in [0.3, 0.4) is 0 Å². The molecule has 0 heterocycles. The van der Waals surface area contributed by atoms with E-state index in [0.29, 0.717) is 17.0 Å². The highest BCUT2D eigenvalue weighted by molar-refractivity contribution is 9.10. The van der Waals surface area contributed by atoms with Crippen LogP contribution in [0.2, 0.25) is 0 Å². The van der Waals surface area contributed by atoms with Crippen molar-refractivity contribution in [3.8, 4) is 5.75 Å². The van der Waals surface area contributed by atoms with E-state index in [0.717, 1.165) is 4.47 Å². The molecule has 0 aliphatic heterocycles. The van der Waals surface area contributed by atoms with Crippen LogP contribution < -0.4 is 10.5 Å². The van der Waals surface area contributed by atoms with Gasteiger partial charge in [-0.3, -0.25) is 19.9 Å². The zero-order chi connectivity index (χ0) is 16.8. The highest BCUT2D eigenvalue weighted by Gasteiger charge is 2.06. The Hall–Kier alpha value is -2.74. The van der Waals surface area contributed by atoms with Crippen molar-refractivity contribution in [2.75, 3.05) is 6.61 Å². The van der Waals surface area contributed by atoms with Gasteiger partial charge in [0, 0.05) is 28.4 Å². The number of ether oxygens (including phenoxy) is 1. The van der Waals surface area contributed by atoms with Gasteiger partial charge in [-0.05, 0) is 30.3 Å². The smallest absolute Gasteiger partial charge is 0.269 e. The van der Waals surface area contributed by atoms with E-state index >= 15 is 0 Å². The summed E-state index contributed by atoms with van der Waals surface area (Å²) in [5, 5.41) is 10.6.